The number of nitro groups is 1. The summed E-state index contributed by atoms with van der Waals surface area (Å²) in [6, 6.07) is 13.2. The summed E-state index contributed by atoms with van der Waals surface area (Å²) in [6.45, 7) is 3.71. The van der Waals surface area contributed by atoms with Crippen LogP contribution < -0.4 is 0 Å². The van der Waals surface area contributed by atoms with Crippen LogP contribution in [-0.4, -0.2) is 50.4 Å². The molecule has 2 aliphatic rings. The van der Waals surface area contributed by atoms with E-state index in [2.05, 4.69) is 10.1 Å². The number of nitrogens with zero attached hydrogens (tertiary/aromatic N) is 4. The maximum absolute atomic E-state index is 13.4. The molecule has 1 atom stereocenters. The predicted molar refractivity (Wildman–Crippen MR) is 118 cm³/mol. The molecule has 2 amide bonds. The Bertz CT molecular complexity index is 1310. The van der Waals surface area contributed by atoms with E-state index in [9.17, 15) is 19.7 Å². The van der Waals surface area contributed by atoms with Crippen molar-refractivity contribution in [3.8, 4) is 0 Å². The summed E-state index contributed by atoms with van der Waals surface area (Å²) in [5.41, 5.74) is 2.69. The molecule has 3 aromatic rings. The topological polar surface area (TPSA) is 112 Å². The molecule has 0 saturated carbocycles. The van der Waals surface area contributed by atoms with Crippen LogP contribution in [0.2, 0.25) is 0 Å². The Hall–Kier alpha value is -4.01. The summed E-state index contributed by atoms with van der Waals surface area (Å²) >= 11 is 0. The lowest BCUT2D eigenvalue weighted by Gasteiger charge is -2.50. The highest BCUT2D eigenvalue weighted by Crippen LogP contribution is 2.42. The molecule has 1 saturated heterocycles. The number of hydrogen-bond donors (Lipinski definition) is 1. The molecule has 0 unspecified atom stereocenters. The van der Waals surface area contributed by atoms with Crippen molar-refractivity contribution in [1.82, 2.24) is 14.9 Å². The number of carbonyl (C=O) groups excluding carboxylic acids is 2. The van der Waals surface area contributed by atoms with E-state index in [1.807, 2.05) is 38.1 Å². The number of aromatic nitrogens is 1. The number of benzene rings is 2. The third kappa shape index (κ3) is 2.96. The van der Waals surface area contributed by atoms with Crippen LogP contribution in [-0.2, 0) is 21.5 Å². The van der Waals surface area contributed by atoms with Gasteiger partial charge < -0.3 is 9.88 Å². The minimum absolute atomic E-state index is 0.0675. The molecule has 3 heterocycles. The van der Waals surface area contributed by atoms with Gasteiger partial charge in [0.1, 0.15) is 12.6 Å². The number of non-ortho nitro benzene ring substituents is 1. The first-order chi connectivity index (χ1) is 15.3. The van der Waals surface area contributed by atoms with E-state index in [0.717, 1.165) is 27.2 Å². The van der Waals surface area contributed by atoms with E-state index in [4.69, 9.17) is 0 Å². The van der Waals surface area contributed by atoms with Gasteiger partial charge in [0.15, 0.2) is 0 Å². The Balaban J connectivity index is 1.49. The number of H-pyrrole nitrogens is 1. The molecular formula is C23H21N5O4. The number of nitro benzene ring substituents is 1. The van der Waals surface area contributed by atoms with Gasteiger partial charge in [-0.25, -0.2) is 5.01 Å². The Labute approximate surface area is 183 Å². The van der Waals surface area contributed by atoms with Crippen LogP contribution in [0.4, 0.5) is 5.69 Å². The molecule has 2 aromatic carbocycles. The van der Waals surface area contributed by atoms with Crippen LogP contribution in [0.15, 0.2) is 53.6 Å². The van der Waals surface area contributed by atoms with Crippen LogP contribution in [0.5, 0.6) is 0 Å². The molecule has 0 bridgehead atoms. The van der Waals surface area contributed by atoms with Crippen molar-refractivity contribution < 1.29 is 14.5 Å². The van der Waals surface area contributed by atoms with Gasteiger partial charge in [0, 0.05) is 40.7 Å². The van der Waals surface area contributed by atoms with Crippen molar-refractivity contribution in [2.45, 2.75) is 31.8 Å². The second-order valence-electron chi connectivity index (χ2n) is 8.56. The van der Waals surface area contributed by atoms with Crippen molar-refractivity contribution in [3.05, 3.63) is 75.5 Å². The van der Waals surface area contributed by atoms with Crippen LogP contribution in [0, 0.1) is 10.1 Å². The van der Waals surface area contributed by atoms with Crippen LogP contribution >= 0.6 is 0 Å². The molecule has 1 aromatic heterocycles. The largest absolute Gasteiger partial charge is 0.356 e. The number of fused-ring (bicyclic) bond motifs is 4. The first kappa shape index (κ1) is 19.9. The van der Waals surface area contributed by atoms with Gasteiger partial charge in [0.05, 0.1) is 16.7 Å². The Morgan fingerprint density at radius 3 is 2.75 bits per heavy atom. The van der Waals surface area contributed by atoms with E-state index < -0.39 is 16.5 Å². The van der Waals surface area contributed by atoms with Gasteiger partial charge in [0.2, 0.25) is 5.91 Å². The number of aromatic amines is 1. The molecule has 2 aliphatic heterocycles. The maximum Gasteiger partial charge on any atom is 0.270 e. The molecule has 9 heteroatoms. The van der Waals surface area contributed by atoms with Crippen LogP contribution in [0.3, 0.4) is 0 Å². The van der Waals surface area contributed by atoms with E-state index in [1.54, 1.807) is 17.0 Å². The van der Waals surface area contributed by atoms with Crippen molar-refractivity contribution >= 4 is 34.6 Å². The fourth-order valence-electron chi connectivity index (χ4n) is 4.82. The highest BCUT2D eigenvalue weighted by Gasteiger charge is 2.51. The summed E-state index contributed by atoms with van der Waals surface area (Å²) in [5.74, 6) is -0.463. The Morgan fingerprint density at radius 1 is 1.19 bits per heavy atom. The molecular weight excluding hydrogens is 410 g/mol. The Morgan fingerprint density at radius 2 is 1.97 bits per heavy atom. The number of hydrazone groups is 1. The molecule has 5 rings (SSSR count). The minimum Gasteiger partial charge on any atom is -0.356 e. The number of para-hydroxylation sites is 1. The summed E-state index contributed by atoms with van der Waals surface area (Å²) in [5, 5.41) is 17.4. The third-order valence-corrected chi connectivity index (χ3v) is 6.26. The summed E-state index contributed by atoms with van der Waals surface area (Å²) < 4.78 is 0. The normalized spacial score (nSPS) is 20.0. The van der Waals surface area contributed by atoms with E-state index in [0.29, 0.717) is 12.0 Å². The molecule has 1 fully saturated rings. The SMILES string of the molecule is CC1(C)c2[nH]c3ccccc3c2C[C@H]2C(=O)N(/N=C/c3cccc([N+](=O)[O-])c3)CC(=O)N21. The molecule has 162 valence electrons. The van der Waals surface area contributed by atoms with Crippen molar-refractivity contribution in [2.75, 3.05) is 6.54 Å². The fourth-order valence-corrected chi connectivity index (χ4v) is 4.82. The number of nitrogens with one attached hydrogen (secondary N) is 1. The quantitative estimate of drug-likeness (QED) is 0.390. The van der Waals surface area contributed by atoms with Crippen LogP contribution in [0.25, 0.3) is 10.9 Å². The molecule has 1 N–H and O–H groups in total. The number of rotatable bonds is 3. The smallest absolute Gasteiger partial charge is 0.270 e. The highest BCUT2D eigenvalue weighted by molar-refractivity contribution is 5.98. The zero-order valence-corrected chi connectivity index (χ0v) is 17.6. The zero-order valence-electron chi connectivity index (χ0n) is 17.6. The van der Waals surface area contributed by atoms with Gasteiger partial charge in [-0.05, 0) is 25.5 Å². The van der Waals surface area contributed by atoms with Gasteiger partial charge in [0.25, 0.3) is 11.6 Å². The molecule has 0 radical (unpaired) electrons. The number of carbonyl (C=O) groups is 2. The van der Waals surface area contributed by atoms with Crippen molar-refractivity contribution in [3.63, 3.8) is 0 Å². The van der Waals surface area contributed by atoms with Gasteiger partial charge in [-0.3, -0.25) is 19.7 Å². The van der Waals surface area contributed by atoms with E-state index >= 15 is 0 Å². The second-order valence-corrected chi connectivity index (χ2v) is 8.56. The second kappa shape index (κ2) is 7.01. The van der Waals surface area contributed by atoms with Gasteiger partial charge in [-0.15, -0.1) is 0 Å². The first-order valence-corrected chi connectivity index (χ1v) is 10.3. The number of piperazine rings is 1. The van der Waals surface area contributed by atoms with Gasteiger partial charge in [-0.2, -0.15) is 5.10 Å². The molecule has 32 heavy (non-hydrogen) atoms. The summed E-state index contributed by atoms with van der Waals surface area (Å²) in [4.78, 5) is 42.1. The first-order valence-electron chi connectivity index (χ1n) is 10.3. The van der Waals surface area contributed by atoms with E-state index in [-0.39, 0.29) is 24.0 Å². The lowest BCUT2D eigenvalue weighted by molar-refractivity contribution is -0.384. The van der Waals surface area contributed by atoms with Gasteiger partial charge in [-0.1, -0.05) is 30.3 Å². The summed E-state index contributed by atoms with van der Waals surface area (Å²) in [6.07, 6.45) is 1.77. The zero-order chi connectivity index (χ0) is 22.6. The average Bonchev–Trinajstić information content (AvgIpc) is 3.15. The molecule has 9 nitrogen and oxygen atoms in total. The predicted octanol–water partition coefficient (Wildman–Crippen LogP) is 2.94. The fraction of sp³-hybridized carbons (Fsp3) is 0.261. The number of hydrogen-bond acceptors (Lipinski definition) is 5. The van der Waals surface area contributed by atoms with Gasteiger partial charge >= 0.3 is 0 Å². The minimum atomic E-state index is -0.681. The summed E-state index contributed by atoms with van der Waals surface area (Å²) in [7, 11) is 0. The molecule has 0 spiro atoms. The maximum atomic E-state index is 13.4. The standard InChI is InChI=1S/C23H21N5O4/c1-23(2)21-17(16-8-3-4-9-18(16)25-21)11-19-22(30)26(13-20(29)27(19)23)24-12-14-6-5-7-15(10-14)28(31)32/h3-10,12,19,25H,11,13H2,1-2H3/b24-12+/t19-/m0/s1. The number of amides is 2. The molecule has 0 aliphatic carbocycles. The van der Waals surface area contributed by atoms with E-state index in [1.165, 1.54) is 18.3 Å². The lowest BCUT2D eigenvalue weighted by Crippen LogP contribution is -2.66. The lowest BCUT2D eigenvalue weighted by atomic mass is 9.82. The van der Waals surface area contributed by atoms with Crippen LogP contribution in [0.1, 0.15) is 30.7 Å². The highest BCUT2D eigenvalue weighted by atomic mass is 16.6. The average molecular weight is 431 g/mol. The van der Waals surface area contributed by atoms with Crippen molar-refractivity contribution in [1.29, 1.82) is 0 Å². The van der Waals surface area contributed by atoms with Crippen molar-refractivity contribution in [2.24, 2.45) is 5.10 Å². The third-order valence-electron chi connectivity index (χ3n) is 6.26. The monoisotopic (exact) mass is 431 g/mol. The Kier molecular flexibility index (Phi) is 4.37.